The number of alkyl halides is 3. The van der Waals surface area contributed by atoms with E-state index in [0.29, 0.717) is 37.4 Å². The standard InChI is InChI=1S/C24H28F3N5O4/c1-16-3-2-6-32(16)19-5-4-17(21(12-19)36-24(25,26)27)15-30-7-9-31(10-8-30)23(34)35-20-11-18(22(28)33)13-29-14-20/h4-5,11-14,16H,2-3,6-10,15H2,1H3,(H2,28,33)/t16-/m1/s1. The fourth-order valence-electron chi connectivity index (χ4n) is 4.49. The lowest BCUT2D eigenvalue weighted by Crippen LogP contribution is -2.49. The molecule has 2 aliphatic rings. The number of benzene rings is 1. The highest BCUT2D eigenvalue weighted by Crippen LogP contribution is 2.34. The molecule has 36 heavy (non-hydrogen) atoms. The molecule has 2 fully saturated rings. The van der Waals surface area contributed by atoms with Crippen LogP contribution in [0.25, 0.3) is 0 Å². The van der Waals surface area contributed by atoms with E-state index >= 15 is 0 Å². The van der Waals surface area contributed by atoms with Crippen molar-refractivity contribution in [3.8, 4) is 11.5 Å². The van der Waals surface area contributed by atoms with Gasteiger partial charge in [0.15, 0.2) is 5.75 Å². The van der Waals surface area contributed by atoms with Gasteiger partial charge in [0.1, 0.15) is 5.75 Å². The van der Waals surface area contributed by atoms with Crippen LogP contribution >= 0.6 is 0 Å². The van der Waals surface area contributed by atoms with Crippen LogP contribution in [-0.2, 0) is 6.54 Å². The van der Waals surface area contributed by atoms with E-state index in [0.717, 1.165) is 19.4 Å². The number of piperazine rings is 1. The largest absolute Gasteiger partial charge is 0.573 e. The van der Waals surface area contributed by atoms with Crippen LogP contribution in [0.2, 0.25) is 0 Å². The van der Waals surface area contributed by atoms with E-state index < -0.39 is 18.4 Å². The normalized spacial score (nSPS) is 18.8. The molecule has 2 aliphatic heterocycles. The summed E-state index contributed by atoms with van der Waals surface area (Å²) in [5.74, 6) is -0.797. The number of hydrogen-bond donors (Lipinski definition) is 1. The highest BCUT2D eigenvalue weighted by Gasteiger charge is 2.33. The Hall–Kier alpha value is -3.54. The van der Waals surface area contributed by atoms with Gasteiger partial charge >= 0.3 is 12.5 Å². The van der Waals surface area contributed by atoms with E-state index in [4.69, 9.17) is 10.5 Å². The molecule has 3 heterocycles. The van der Waals surface area contributed by atoms with Crippen molar-refractivity contribution in [2.24, 2.45) is 5.73 Å². The fraction of sp³-hybridized carbons (Fsp3) is 0.458. The maximum atomic E-state index is 13.1. The molecule has 1 atom stereocenters. The van der Waals surface area contributed by atoms with E-state index in [2.05, 4.69) is 21.5 Å². The minimum atomic E-state index is -4.80. The highest BCUT2D eigenvalue weighted by atomic mass is 19.4. The average Bonchev–Trinajstić information content (AvgIpc) is 3.25. The zero-order valence-corrected chi connectivity index (χ0v) is 19.8. The first-order chi connectivity index (χ1) is 17.1. The Bertz CT molecular complexity index is 1110. The molecule has 0 bridgehead atoms. The van der Waals surface area contributed by atoms with Gasteiger partial charge in [-0.3, -0.25) is 14.7 Å². The van der Waals surface area contributed by atoms with Crippen LogP contribution in [0, 0.1) is 0 Å². The molecule has 0 aliphatic carbocycles. The Morgan fingerprint density at radius 3 is 2.50 bits per heavy atom. The van der Waals surface area contributed by atoms with E-state index in [1.807, 2.05) is 11.0 Å². The molecule has 1 aromatic heterocycles. The third-order valence-corrected chi connectivity index (χ3v) is 6.39. The first kappa shape index (κ1) is 25.5. The van der Waals surface area contributed by atoms with Crippen molar-refractivity contribution in [1.82, 2.24) is 14.8 Å². The van der Waals surface area contributed by atoms with Crippen LogP contribution in [0.5, 0.6) is 11.5 Å². The molecular formula is C24H28F3N5O4. The lowest BCUT2D eigenvalue weighted by Gasteiger charge is -2.34. The lowest BCUT2D eigenvalue weighted by molar-refractivity contribution is -0.275. The van der Waals surface area contributed by atoms with Crippen molar-refractivity contribution >= 4 is 17.7 Å². The maximum Gasteiger partial charge on any atom is 0.573 e. The van der Waals surface area contributed by atoms with Gasteiger partial charge in [0.25, 0.3) is 0 Å². The maximum absolute atomic E-state index is 13.1. The van der Waals surface area contributed by atoms with Gasteiger partial charge in [0.05, 0.1) is 11.8 Å². The molecule has 4 rings (SSSR count). The molecule has 2 saturated heterocycles. The van der Waals surface area contributed by atoms with Gasteiger partial charge in [-0.1, -0.05) is 6.07 Å². The Kier molecular flexibility index (Phi) is 7.53. The van der Waals surface area contributed by atoms with Crippen LogP contribution < -0.4 is 20.1 Å². The molecule has 2 amide bonds. The van der Waals surface area contributed by atoms with E-state index in [1.165, 1.54) is 29.4 Å². The predicted octanol–water partition coefficient (Wildman–Crippen LogP) is 3.38. The molecule has 9 nitrogen and oxygen atoms in total. The summed E-state index contributed by atoms with van der Waals surface area (Å²) >= 11 is 0. The number of hydrogen-bond acceptors (Lipinski definition) is 7. The number of ether oxygens (including phenoxy) is 2. The van der Waals surface area contributed by atoms with Crippen LogP contribution in [0.3, 0.4) is 0 Å². The van der Waals surface area contributed by atoms with E-state index in [9.17, 15) is 22.8 Å². The Morgan fingerprint density at radius 1 is 1.11 bits per heavy atom. The molecule has 0 saturated carbocycles. The highest BCUT2D eigenvalue weighted by molar-refractivity contribution is 5.92. The molecule has 1 aromatic carbocycles. The summed E-state index contributed by atoms with van der Waals surface area (Å²) in [6.45, 7) is 4.61. The van der Waals surface area contributed by atoms with Crippen LogP contribution in [0.4, 0.5) is 23.7 Å². The van der Waals surface area contributed by atoms with Crippen LogP contribution in [0.1, 0.15) is 35.7 Å². The summed E-state index contributed by atoms with van der Waals surface area (Å²) in [6.07, 6.45) is -0.839. The first-order valence-corrected chi connectivity index (χ1v) is 11.7. The second-order valence-electron chi connectivity index (χ2n) is 8.93. The van der Waals surface area contributed by atoms with Crippen molar-refractivity contribution < 1.29 is 32.2 Å². The van der Waals surface area contributed by atoms with E-state index in [-0.39, 0.29) is 29.6 Å². The Balaban J connectivity index is 1.38. The van der Waals surface area contributed by atoms with Gasteiger partial charge in [0, 0.05) is 68.8 Å². The number of carbonyl (C=O) groups excluding carboxylic acids is 2. The molecule has 0 spiro atoms. The predicted molar refractivity (Wildman–Crippen MR) is 125 cm³/mol. The summed E-state index contributed by atoms with van der Waals surface area (Å²) in [4.78, 5) is 33.1. The minimum absolute atomic E-state index is 0.0973. The van der Waals surface area contributed by atoms with Gasteiger partial charge < -0.3 is 25.0 Å². The smallest absolute Gasteiger partial charge is 0.409 e. The number of primary amides is 1. The number of rotatable bonds is 6. The van der Waals surface area contributed by atoms with Crippen molar-refractivity contribution in [2.75, 3.05) is 37.6 Å². The molecule has 0 unspecified atom stereocenters. The molecular weight excluding hydrogens is 479 g/mol. The van der Waals surface area contributed by atoms with E-state index in [1.54, 1.807) is 6.07 Å². The average molecular weight is 508 g/mol. The van der Waals surface area contributed by atoms with Crippen molar-refractivity contribution in [2.45, 2.75) is 38.7 Å². The second-order valence-corrected chi connectivity index (χ2v) is 8.93. The number of nitrogens with zero attached hydrogens (tertiary/aromatic N) is 4. The SMILES string of the molecule is C[C@@H]1CCCN1c1ccc(CN2CCN(C(=O)Oc3cncc(C(N)=O)c3)CC2)c(OC(F)(F)F)c1. The number of halogens is 3. The van der Waals surface area contributed by atoms with Crippen LogP contribution in [0.15, 0.2) is 36.7 Å². The molecule has 12 heteroatoms. The number of carbonyl (C=O) groups is 2. The first-order valence-electron chi connectivity index (χ1n) is 11.7. The molecule has 0 radical (unpaired) electrons. The van der Waals surface area contributed by atoms with Gasteiger partial charge in [-0.2, -0.15) is 0 Å². The topological polar surface area (TPSA) is 101 Å². The summed E-state index contributed by atoms with van der Waals surface area (Å²) in [5, 5.41) is 0. The Labute approximate surface area is 206 Å². The summed E-state index contributed by atoms with van der Waals surface area (Å²) in [5.41, 5.74) is 6.47. The summed E-state index contributed by atoms with van der Waals surface area (Å²) in [6, 6.07) is 6.57. The zero-order valence-electron chi connectivity index (χ0n) is 19.8. The molecule has 2 aromatic rings. The van der Waals surface area contributed by atoms with Crippen molar-refractivity contribution in [1.29, 1.82) is 0 Å². The number of pyridine rings is 1. The van der Waals surface area contributed by atoms with Crippen molar-refractivity contribution in [3.63, 3.8) is 0 Å². The zero-order chi connectivity index (χ0) is 25.9. The number of nitrogens with two attached hydrogens (primary N) is 1. The fourth-order valence-corrected chi connectivity index (χ4v) is 4.49. The number of amides is 2. The summed E-state index contributed by atoms with van der Waals surface area (Å²) < 4.78 is 49.1. The molecule has 194 valence electrons. The van der Waals surface area contributed by atoms with Gasteiger partial charge in [-0.25, -0.2) is 4.79 Å². The van der Waals surface area contributed by atoms with Gasteiger partial charge in [0.2, 0.25) is 5.91 Å². The van der Waals surface area contributed by atoms with Crippen LogP contribution in [-0.4, -0.2) is 71.9 Å². The second kappa shape index (κ2) is 10.6. The van der Waals surface area contributed by atoms with Gasteiger partial charge in [-0.05, 0) is 31.9 Å². The van der Waals surface area contributed by atoms with Crippen molar-refractivity contribution in [3.05, 3.63) is 47.8 Å². The quantitative estimate of drug-likeness (QED) is 0.640. The third-order valence-electron chi connectivity index (χ3n) is 6.39. The molecule has 2 N–H and O–H groups in total. The number of aromatic nitrogens is 1. The summed E-state index contributed by atoms with van der Waals surface area (Å²) in [7, 11) is 0. The number of anilines is 1. The minimum Gasteiger partial charge on any atom is -0.409 e. The van der Waals surface area contributed by atoms with Gasteiger partial charge in [-0.15, -0.1) is 13.2 Å². The third kappa shape index (κ3) is 6.36. The monoisotopic (exact) mass is 507 g/mol. The lowest BCUT2D eigenvalue weighted by atomic mass is 10.1. The Morgan fingerprint density at radius 2 is 1.86 bits per heavy atom.